The number of nitrogens with two attached hydrogens (primary N) is 1. The van der Waals surface area contributed by atoms with Gasteiger partial charge in [-0.25, -0.2) is 0 Å². The van der Waals surface area contributed by atoms with Crippen LogP contribution in [0.1, 0.15) is 5.56 Å². The number of nitrogens with zero attached hydrogens (tertiary/aromatic N) is 1. The van der Waals surface area contributed by atoms with Crippen molar-refractivity contribution < 1.29 is 0 Å². The first-order valence-corrected chi connectivity index (χ1v) is 5.03. The summed E-state index contributed by atoms with van der Waals surface area (Å²) in [6.07, 6.45) is 1.13. The van der Waals surface area contributed by atoms with E-state index < -0.39 is 0 Å². The van der Waals surface area contributed by atoms with Crippen LogP contribution in [0.2, 0.25) is 0 Å². The molecule has 2 N–H and O–H groups in total. The molecule has 0 atom stereocenters. The lowest BCUT2D eigenvalue weighted by atomic mass is 10.2. The van der Waals surface area contributed by atoms with Gasteiger partial charge in [0.25, 0.3) is 0 Å². The number of thiol groups is 1. The Bertz CT molecular complexity index is 312. The number of fused-ring (bicyclic) bond motifs is 1. The predicted octanol–water partition coefficient (Wildman–Crippen LogP) is 1.30. The van der Waals surface area contributed by atoms with Crippen LogP contribution in [-0.4, -0.2) is 19.6 Å². The van der Waals surface area contributed by atoms with Crippen LogP contribution in [0.25, 0.3) is 0 Å². The smallest absolute Gasteiger partial charge is 0.0400 e. The van der Waals surface area contributed by atoms with Gasteiger partial charge < -0.3 is 10.6 Å². The molecule has 0 saturated carbocycles. The van der Waals surface area contributed by atoms with Crippen LogP contribution in [0, 0.1) is 0 Å². The average molecular weight is 194 g/mol. The highest BCUT2D eigenvalue weighted by atomic mass is 32.1. The topological polar surface area (TPSA) is 29.3 Å². The molecule has 0 spiro atoms. The van der Waals surface area contributed by atoms with E-state index in [4.69, 9.17) is 5.73 Å². The van der Waals surface area contributed by atoms with Gasteiger partial charge in [0.15, 0.2) is 0 Å². The van der Waals surface area contributed by atoms with Crippen molar-refractivity contribution in [3.8, 4) is 0 Å². The van der Waals surface area contributed by atoms with Crippen LogP contribution < -0.4 is 10.6 Å². The Hall–Kier alpha value is -0.670. The van der Waals surface area contributed by atoms with Gasteiger partial charge in [-0.1, -0.05) is 0 Å². The highest BCUT2D eigenvalue weighted by Crippen LogP contribution is 2.29. The highest BCUT2D eigenvalue weighted by Gasteiger charge is 2.17. The van der Waals surface area contributed by atoms with Gasteiger partial charge in [-0.3, -0.25) is 0 Å². The van der Waals surface area contributed by atoms with E-state index in [2.05, 4.69) is 29.7 Å². The lowest BCUT2D eigenvalue weighted by molar-refractivity contribution is 0.821. The summed E-state index contributed by atoms with van der Waals surface area (Å²) in [5.41, 5.74) is 8.28. The fourth-order valence-corrected chi connectivity index (χ4v) is 2.07. The zero-order chi connectivity index (χ0) is 9.26. The second kappa shape index (κ2) is 3.60. The van der Waals surface area contributed by atoms with Crippen LogP contribution in [0.4, 0.5) is 5.69 Å². The minimum absolute atomic E-state index is 0.724. The van der Waals surface area contributed by atoms with Crippen molar-refractivity contribution in [3.63, 3.8) is 0 Å². The molecule has 2 rings (SSSR count). The zero-order valence-corrected chi connectivity index (χ0v) is 8.43. The van der Waals surface area contributed by atoms with E-state index in [-0.39, 0.29) is 0 Å². The number of rotatable bonds is 2. The SMILES string of the molecule is NCCN1CCc2cc(S)ccc21. The molecule has 1 aliphatic heterocycles. The van der Waals surface area contributed by atoms with E-state index in [9.17, 15) is 0 Å². The minimum atomic E-state index is 0.724. The third-order valence-electron chi connectivity index (χ3n) is 2.45. The summed E-state index contributed by atoms with van der Waals surface area (Å²) in [5.74, 6) is 0. The summed E-state index contributed by atoms with van der Waals surface area (Å²) in [6.45, 7) is 2.78. The van der Waals surface area contributed by atoms with Crippen LogP contribution in [0.15, 0.2) is 23.1 Å². The summed E-state index contributed by atoms with van der Waals surface area (Å²) in [4.78, 5) is 3.39. The Morgan fingerprint density at radius 2 is 2.31 bits per heavy atom. The molecule has 13 heavy (non-hydrogen) atoms. The van der Waals surface area contributed by atoms with Crippen molar-refractivity contribution in [2.45, 2.75) is 11.3 Å². The van der Waals surface area contributed by atoms with Crippen LogP contribution in [0.3, 0.4) is 0 Å². The summed E-state index contributed by atoms with van der Waals surface area (Å²) < 4.78 is 0. The first-order valence-electron chi connectivity index (χ1n) is 4.58. The van der Waals surface area contributed by atoms with Crippen LogP contribution in [-0.2, 0) is 6.42 Å². The Labute approximate surface area is 84.1 Å². The molecule has 0 aliphatic carbocycles. The van der Waals surface area contributed by atoms with Crippen molar-refractivity contribution >= 4 is 18.3 Å². The van der Waals surface area contributed by atoms with Gasteiger partial charge >= 0.3 is 0 Å². The van der Waals surface area contributed by atoms with Crippen molar-refractivity contribution in [2.24, 2.45) is 5.73 Å². The maximum Gasteiger partial charge on any atom is 0.0400 e. The predicted molar refractivity (Wildman–Crippen MR) is 58.7 cm³/mol. The molecule has 1 aromatic carbocycles. The van der Waals surface area contributed by atoms with Gasteiger partial charge in [0.05, 0.1) is 0 Å². The van der Waals surface area contributed by atoms with E-state index in [1.807, 2.05) is 6.07 Å². The lowest BCUT2D eigenvalue weighted by Gasteiger charge is -2.17. The Kier molecular flexibility index (Phi) is 2.47. The first kappa shape index (κ1) is 8.91. The molecule has 1 aliphatic rings. The average Bonchev–Trinajstić information content (AvgIpc) is 2.49. The van der Waals surface area contributed by atoms with E-state index >= 15 is 0 Å². The molecule has 0 amide bonds. The fourth-order valence-electron chi connectivity index (χ4n) is 1.84. The molecule has 0 aromatic heterocycles. The highest BCUT2D eigenvalue weighted by molar-refractivity contribution is 7.80. The molecular weight excluding hydrogens is 180 g/mol. The van der Waals surface area contributed by atoms with Crippen molar-refractivity contribution in [3.05, 3.63) is 23.8 Å². The number of hydrogen-bond donors (Lipinski definition) is 2. The summed E-state index contributed by atoms with van der Waals surface area (Å²) in [6, 6.07) is 6.33. The van der Waals surface area contributed by atoms with E-state index in [1.165, 1.54) is 11.3 Å². The summed E-state index contributed by atoms with van der Waals surface area (Å²) in [5, 5.41) is 0. The second-order valence-electron chi connectivity index (χ2n) is 3.34. The Morgan fingerprint density at radius 1 is 1.46 bits per heavy atom. The number of benzene rings is 1. The fraction of sp³-hybridized carbons (Fsp3) is 0.400. The molecule has 0 bridgehead atoms. The molecule has 0 saturated heterocycles. The molecule has 0 unspecified atom stereocenters. The van der Waals surface area contributed by atoms with Gasteiger partial charge in [-0.2, -0.15) is 0 Å². The molecule has 1 heterocycles. The lowest BCUT2D eigenvalue weighted by Crippen LogP contribution is -2.27. The molecule has 3 heteroatoms. The van der Waals surface area contributed by atoms with Gasteiger partial charge in [0.2, 0.25) is 0 Å². The largest absolute Gasteiger partial charge is 0.370 e. The minimum Gasteiger partial charge on any atom is -0.370 e. The zero-order valence-electron chi connectivity index (χ0n) is 7.53. The van der Waals surface area contributed by atoms with E-state index in [1.54, 1.807) is 0 Å². The first-order chi connectivity index (χ1) is 6.31. The van der Waals surface area contributed by atoms with Gasteiger partial charge in [-0.15, -0.1) is 12.6 Å². The van der Waals surface area contributed by atoms with Crippen molar-refractivity contribution in [2.75, 3.05) is 24.5 Å². The standard InChI is InChI=1S/C10H14N2S/c11-4-6-12-5-3-8-7-9(13)1-2-10(8)12/h1-2,7,13H,3-6,11H2. The second-order valence-corrected chi connectivity index (χ2v) is 3.86. The van der Waals surface area contributed by atoms with E-state index in [0.29, 0.717) is 0 Å². The molecule has 70 valence electrons. The van der Waals surface area contributed by atoms with Gasteiger partial charge in [-0.05, 0) is 30.2 Å². The summed E-state index contributed by atoms with van der Waals surface area (Å²) in [7, 11) is 0. The van der Waals surface area contributed by atoms with Crippen LogP contribution >= 0.6 is 12.6 Å². The Balaban J connectivity index is 2.27. The third kappa shape index (κ3) is 1.67. The molecule has 1 aromatic rings. The van der Waals surface area contributed by atoms with Crippen molar-refractivity contribution in [1.82, 2.24) is 0 Å². The van der Waals surface area contributed by atoms with E-state index in [0.717, 1.165) is 31.0 Å². The number of hydrogen-bond acceptors (Lipinski definition) is 3. The molecule has 0 radical (unpaired) electrons. The molecule has 0 fully saturated rings. The quantitative estimate of drug-likeness (QED) is 0.695. The maximum atomic E-state index is 5.54. The third-order valence-corrected chi connectivity index (χ3v) is 2.73. The normalized spacial score (nSPS) is 14.8. The summed E-state index contributed by atoms with van der Waals surface area (Å²) >= 11 is 4.32. The van der Waals surface area contributed by atoms with Crippen molar-refractivity contribution in [1.29, 1.82) is 0 Å². The van der Waals surface area contributed by atoms with Gasteiger partial charge in [0, 0.05) is 30.2 Å². The van der Waals surface area contributed by atoms with Gasteiger partial charge in [0.1, 0.15) is 0 Å². The Morgan fingerprint density at radius 3 is 3.08 bits per heavy atom. The number of anilines is 1. The van der Waals surface area contributed by atoms with Crippen LogP contribution in [0.5, 0.6) is 0 Å². The molecule has 2 nitrogen and oxygen atoms in total. The molecular formula is C10H14N2S. The maximum absolute atomic E-state index is 5.54. The monoisotopic (exact) mass is 194 g/mol.